The van der Waals surface area contributed by atoms with E-state index >= 15 is 0 Å². The maximum atomic E-state index is 12.5. The van der Waals surface area contributed by atoms with E-state index in [0.717, 1.165) is 0 Å². The molecule has 0 fully saturated rings. The summed E-state index contributed by atoms with van der Waals surface area (Å²) in [5.41, 5.74) is 3.03. The van der Waals surface area contributed by atoms with E-state index in [1.807, 2.05) is 36.4 Å². The number of hydrogen-bond donors (Lipinski definition) is 2. The topological polar surface area (TPSA) is 76.7 Å². The molecule has 0 aliphatic heterocycles. The molecule has 0 saturated heterocycles. The third kappa shape index (κ3) is 6.11. The number of carbonyl (C=O) groups is 2. The van der Waals surface area contributed by atoms with E-state index < -0.39 is 0 Å². The van der Waals surface area contributed by atoms with Crippen LogP contribution in [0.25, 0.3) is 0 Å². The molecule has 166 valence electrons. The molecule has 0 heterocycles. The fraction of sp³-hybridized carbons (Fsp3) is 0.231. The number of amides is 2. The van der Waals surface area contributed by atoms with Crippen LogP contribution in [0.15, 0.2) is 72.8 Å². The highest BCUT2D eigenvalue weighted by atomic mass is 16.5. The third-order valence-electron chi connectivity index (χ3n) is 4.87. The van der Waals surface area contributed by atoms with Crippen molar-refractivity contribution in [3.63, 3.8) is 0 Å². The Kier molecular flexibility index (Phi) is 7.15. The van der Waals surface area contributed by atoms with Gasteiger partial charge in [-0.2, -0.15) is 0 Å². The van der Waals surface area contributed by atoms with Gasteiger partial charge in [0, 0.05) is 16.9 Å². The molecular weight excluding hydrogens is 404 g/mol. The molecule has 0 radical (unpaired) electrons. The van der Waals surface area contributed by atoms with Gasteiger partial charge < -0.3 is 20.1 Å². The number of carbonyl (C=O) groups excluding carboxylic acids is 2. The van der Waals surface area contributed by atoms with Crippen LogP contribution >= 0.6 is 0 Å². The number of rotatable bonds is 7. The SMILES string of the molecule is COc1ccccc1OCC(=O)Nc1ccc(NC(=O)c2ccc(C(C)(C)C)cc2)cc1. The summed E-state index contributed by atoms with van der Waals surface area (Å²) >= 11 is 0. The van der Waals surface area contributed by atoms with Crippen molar-refractivity contribution >= 4 is 23.2 Å². The molecule has 0 spiro atoms. The van der Waals surface area contributed by atoms with Gasteiger partial charge in [-0.25, -0.2) is 0 Å². The van der Waals surface area contributed by atoms with Crippen LogP contribution in [0.5, 0.6) is 11.5 Å². The van der Waals surface area contributed by atoms with E-state index in [9.17, 15) is 9.59 Å². The fourth-order valence-corrected chi connectivity index (χ4v) is 3.04. The molecule has 3 aromatic rings. The van der Waals surface area contributed by atoms with Crippen molar-refractivity contribution in [3.05, 3.63) is 83.9 Å². The number of methoxy groups -OCH3 is 1. The first kappa shape index (κ1) is 22.9. The molecule has 2 N–H and O–H groups in total. The summed E-state index contributed by atoms with van der Waals surface area (Å²) in [6, 6.07) is 21.6. The summed E-state index contributed by atoms with van der Waals surface area (Å²) in [6.45, 7) is 6.25. The zero-order chi connectivity index (χ0) is 23.1. The molecule has 0 aromatic heterocycles. The summed E-state index contributed by atoms with van der Waals surface area (Å²) in [5, 5.41) is 5.63. The summed E-state index contributed by atoms with van der Waals surface area (Å²) in [6.07, 6.45) is 0. The largest absolute Gasteiger partial charge is 0.493 e. The van der Waals surface area contributed by atoms with Crippen LogP contribution in [0.4, 0.5) is 11.4 Å². The van der Waals surface area contributed by atoms with E-state index in [2.05, 4.69) is 31.4 Å². The molecule has 2 amide bonds. The minimum atomic E-state index is -0.299. The molecule has 0 saturated carbocycles. The summed E-state index contributed by atoms with van der Waals surface area (Å²) < 4.78 is 10.7. The van der Waals surface area contributed by atoms with Crippen molar-refractivity contribution in [1.82, 2.24) is 0 Å². The van der Waals surface area contributed by atoms with E-state index in [1.165, 1.54) is 5.56 Å². The van der Waals surface area contributed by atoms with Gasteiger partial charge in [0.15, 0.2) is 18.1 Å². The van der Waals surface area contributed by atoms with Gasteiger partial charge in [0.1, 0.15) is 0 Å². The average Bonchev–Trinajstić information content (AvgIpc) is 2.78. The molecule has 0 bridgehead atoms. The highest BCUT2D eigenvalue weighted by Crippen LogP contribution is 2.26. The minimum Gasteiger partial charge on any atom is -0.493 e. The van der Waals surface area contributed by atoms with Crippen molar-refractivity contribution < 1.29 is 19.1 Å². The number of para-hydroxylation sites is 2. The lowest BCUT2D eigenvalue weighted by Crippen LogP contribution is -2.20. The van der Waals surface area contributed by atoms with Crippen molar-refractivity contribution in [2.45, 2.75) is 26.2 Å². The molecule has 3 rings (SSSR count). The fourth-order valence-electron chi connectivity index (χ4n) is 3.04. The predicted molar refractivity (Wildman–Crippen MR) is 127 cm³/mol. The molecule has 3 aromatic carbocycles. The Bertz CT molecular complexity index is 1070. The second kappa shape index (κ2) is 10.0. The van der Waals surface area contributed by atoms with Crippen LogP contribution in [0, 0.1) is 0 Å². The van der Waals surface area contributed by atoms with E-state index in [1.54, 1.807) is 43.5 Å². The molecule has 0 aliphatic carbocycles. The Morgan fingerprint density at radius 2 is 1.34 bits per heavy atom. The van der Waals surface area contributed by atoms with Gasteiger partial charge in [-0.15, -0.1) is 0 Å². The smallest absolute Gasteiger partial charge is 0.262 e. The maximum Gasteiger partial charge on any atom is 0.262 e. The maximum absolute atomic E-state index is 12.5. The Morgan fingerprint density at radius 3 is 1.91 bits per heavy atom. The summed E-state index contributed by atoms with van der Waals surface area (Å²) in [7, 11) is 1.55. The lowest BCUT2D eigenvalue weighted by atomic mass is 9.87. The van der Waals surface area contributed by atoms with Crippen molar-refractivity contribution in [2.24, 2.45) is 0 Å². The van der Waals surface area contributed by atoms with Crippen molar-refractivity contribution in [3.8, 4) is 11.5 Å². The van der Waals surface area contributed by atoms with Gasteiger partial charge in [-0.3, -0.25) is 9.59 Å². The van der Waals surface area contributed by atoms with Crippen LogP contribution in [-0.2, 0) is 10.2 Å². The Labute approximate surface area is 188 Å². The highest BCUT2D eigenvalue weighted by molar-refractivity contribution is 6.04. The number of ether oxygens (including phenoxy) is 2. The Morgan fingerprint density at radius 1 is 0.781 bits per heavy atom. The number of nitrogens with one attached hydrogen (secondary N) is 2. The minimum absolute atomic E-state index is 0.0352. The lowest BCUT2D eigenvalue weighted by molar-refractivity contribution is -0.118. The molecule has 32 heavy (non-hydrogen) atoms. The summed E-state index contributed by atoms with van der Waals surface area (Å²) in [4.78, 5) is 24.7. The van der Waals surface area contributed by atoms with Gasteiger partial charge >= 0.3 is 0 Å². The normalized spacial score (nSPS) is 10.9. The first-order chi connectivity index (χ1) is 15.3. The van der Waals surface area contributed by atoms with Crippen LogP contribution in [0.3, 0.4) is 0 Å². The van der Waals surface area contributed by atoms with Crippen molar-refractivity contribution in [2.75, 3.05) is 24.4 Å². The van der Waals surface area contributed by atoms with Gasteiger partial charge in [-0.1, -0.05) is 45.0 Å². The van der Waals surface area contributed by atoms with Gasteiger partial charge in [0.25, 0.3) is 11.8 Å². The standard InChI is InChI=1S/C26H28N2O4/c1-26(2,3)19-11-9-18(10-12-19)25(30)28-21-15-13-20(14-16-21)27-24(29)17-32-23-8-6-5-7-22(23)31-4/h5-16H,17H2,1-4H3,(H,27,29)(H,28,30). The molecular formula is C26H28N2O4. The van der Waals surface area contributed by atoms with Crippen LogP contribution in [0.2, 0.25) is 0 Å². The second-order valence-electron chi connectivity index (χ2n) is 8.35. The second-order valence-corrected chi connectivity index (χ2v) is 8.35. The first-order valence-electron chi connectivity index (χ1n) is 10.3. The Hall–Kier alpha value is -3.80. The predicted octanol–water partition coefficient (Wildman–Crippen LogP) is 5.26. The van der Waals surface area contributed by atoms with E-state index in [4.69, 9.17) is 9.47 Å². The first-order valence-corrected chi connectivity index (χ1v) is 10.3. The van der Waals surface area contributed by atoms with Gasteiger partial charge in [-0.05, 0) is 59.5 Å². The highest BCUT2D eigenvalue weighted by Gasteiger charge is 2.14. The number of anilines is 2. The van der Waals surface area contributed by atoms with E-state index in [-0.39, 0.29) is 23.8 Å². The zero-order valence-corrected chi connectivity index (χ0v) is 18.8. The monoisotopic (exact) mass is 432 g/mol. The molecule has 0 atom stereocenters. The average molecular weight is 433 g/mol. The van der Waals surface area contributed by atoms with Crippen LogP contribution < -0.4 is 20.1 Å². The summed E-state index contributed by atoms with van der Waals surface area (Å²) in [5.74, 6) is 0.575. The zero-order valence-electron chi connectivity index (χ0n) is 18.8. The number of benzene rings is 3. The van der Waals surface area contributed by atoms with Crippen LogP contribution in [-0.4, -0.2) is 25.5 Å². The Balaban J connectivity index is 1.53. The van der Waals surface area contributed by atoms with E-state index in [0.29, 0.717) is 28.4 Å². The van der Waals surface area contributed by atoms with Gasteiger partial charge in [0.2, 0.25) is 0 Å². The molecule has 6 heteroatoms. The molecule has 6 nitrogen and oxygen atoms in total. The molecule has 0 unspecified atom stereocenters. The number of hydrogen-bond acceptors (Lipinski definition) is 4. The van der Waals surface area contributed by atoms with Gasteiger partial charge in [0.05, 0.1) is 7.11 Å². The molecule has 0 aliphatic rings. The van der Waals surface area contributed by atoms with Crippen LogP contribution in [0.1, 0.15) is 36.7 Å². The third-order valence-corrected chi connectivity index (χ3v) is 4.87. The van der Waals surface area contributed by atoms with Crippen molar-refractivity contribution in [1.29, 1.82) is 0 Å². The quantitative estimate of drug-likeness (QED) is 0.534. The lowest BCUT2D eigenvalue weighted by Gasteiger charge is -2.19.